The van der Waals surface area contributed by atoms with E-state index >= 15 is 0 Å². The van der Waals surface area contributed by atoms with Gasteiger partial charge in [-0.2, -0.15) is 13.2 Å². The van der Waals surface area contributed by atoms with Crippen LogP contribution in [-0.2, 0) is 0 Å². The molecule has 0 bridgehead atoms. The maximum Gasteiger partial charge on any atom is 0.391 e. The second-order valence-electron chi connectivity index (χ2n) is 9.40. The van der Waals surface area contributed by atoms with E-state index < -0.39 is 29.4 Å². The van der Waals surface area contributed by atoms with Crippen molar-refractivity contribution in [2.45, 2.75) is 42.7 Å². The first-order valence-electron chi connectivity index (χ1n) is 12.2. The largest absolute Gasteiger partial charge is 0.495 e. The Labute approximate surface area is 230 Å². The lowest BCUT2D eigenvalue weighted by molar-refractivity contribution is -0.182. The molecule has 0 unspecified atom stereocenters. The van der Waals surface area contributed by atoms with Crippen molar-refractivity contribution in [1.29, 1.82) is 0 Å². The van der Waals surface area contributed by atoms with Crippen LogP contribution >= 0.6 is 23.3 Å². The quantitative estimate of drug-likeness (QED) is 0.169. The maximum atomic E-state index is 14.2. The Kier molecular flexibility index (Phi) is 7.73. The summed E-state index contributed by atoms with van der Waals surface area (Å²) in [5, 5.41) is 9.95. The molecule has 0 radical (unpaired) electrons. The minimum atomic E-state index is -4.10. The average Bonchev–Trinajstić information content (AvgIpc) is 3.35. The number of nitrogens with zero attached hydrogens (tertiary/aromatic N) is 1. The number of aromatic nitrogens is 1. The molecular formula is C28H24F4N2O3S2. The van der Waals surface area contributed by atoms with E-state index in [1.165, 1.54) is 30.4 Å². The van der Waals surface area contributed by atoms with Gasteiger partial charge in [0.25, 0.3) is 0 Å². The van der Waals surface area contributed by atoms with Gasteiger partial charge in [-0.15, -0.1) is 11.3 Å². The molecule has 11 heteroatoms. The molecule has 3 aromatic carbocycles. The fourth-order valence-corrected chi connectivity index (χ4v) is 6.47. The van der Waals surface area contributed by atoms with E-state index in [2.05, 4.69) is 4.72 Å². The van der Waals surface area contributed by atoms with Gasteiger partial charge in [0.1, 0.15) is 16.6 Å². The zero-order valence-electron chi connectivity index (χ0n) is 20.7. The summed E-state index contributed by atoms with van der Waals surface area (Å²) in [6.07, 6.45) is -2.66. The monoisotopic (exact) mass is 576 g/mol. The van der Waals surface area contributed by atoms with Crippen molar-refractivity contribution in [2.75, 3.05) is 11.8 Å². The number of alkyl halides is 3. The predicted molar refractivity (Wildman–Crippen MR) is 145 cm³/mol. The van der Waals surface area contributed by atoms with Crippen LogP contribution in [-0.4, -0.2) is 29.3 Å². The molecule has 0 atom stereocenters. The molecule has 0 amide bonds. The number of nitrogens with one attached hydrogen (secondary N) is 1. The molecule has 1 heterocycles. The van der Waals surface area contributed by atoms with Crippen molar-refractivity contribution in [3.8, 4) is 16.3 Å². The lowest BCUT2D eigenvalue weighted by Gasteiger charge is -2.30. The Morgan fingerprint density at radius 3 is 2.44 bits per heavy atom. The number of hydrogen-bond acceptors (Lipinski definition) is 6. The maximum absolute atomic E-state index is 14.2. The van der Waals surface area contributed by atoms with Crippen LogP contribution in [0.4, 0.5) is 23.2 Å². The predicted octanol–water partition coefficient (Wildman–Crippen LogP) is 8.76. The molecule has 1 aliphatic rings. The van der Waals surface area contributed by atoms with Gasteiger partial charge in [0.05, 0.1) is 34.5 Å². The van der Waals surface area contributed by atoms with Gasteiger partial charge < -0.3 is 14.6 Å². The summed E-state index contributed by atoms with van der Waals surface area (Å²) in [5.74, 6) is -3.08. The Hall–Kier alpha value is -3.31. The van der Waals surface area contributed by atoms with E-state index in [1.807, 2.05) is 42.5 Å². The Morgan fingerprint density at radius 1 is 1.08 bits per heavy atom. The van der Waals surface area contributed by atoms with Crippen LogP contribution in [0.3, 0.4) is 0 Å². The average molecular weight is 577 g/mol. The number of thiazole rings is 1. The van der Waals surface area contributed by atoms with Crippen molar-refractivity contribution in [3.63, 3.8) is 0 Å². The highest BCUT2D eigenvalue weighted by molar-refractivity contribution is 8.00. The van der Waals surface area contributed by atoms with Gasteiger partial charge in [-0.3, -0.25) is 0 Å². The SMILES string of the molecule is COc1cc(C(=O)O)c(F)cc1NSc1ccc2sc(-c3ccc([C@H]4CC[C@H](C(F)(F)F)CC4)cc3)nc2c1. The third-order valence-corrected chi connectivity index (χ3v) is 8.87. The van der Waals surface area contributed by atoms with Crippen LogP contribution in [0.5, 0.6) is 5.75 Å². The lowest BCUT2D eigenvalue weighted by Crippen LogP contribution is -2.27. The number of carbonyl (C=O) groups is 1. The molecule has 0 aliphatic heterocycles. The molecule has 5 nitrogen and oxygen atoms in total. The topological polar surface area (TPSA) is 71.5 Å². The number of hydrogen-bond donors (Lipinski definition) is 2. The summed E-state index contributed by atoms with van der Waals surface area (Å²) >= 11 is 2.75. The number of halogens is 4. The number of methoxy groups -OCH3 is 1. The summed E-state index contributed by atoms with van der Waals surface area (Å²) in [6.45, 7) is 0. The minimum absolute atomic E-state index is 0.146. The van der Waals surface area contributed by atoms with Crippen LogP contribution < -0.4 is 9.46 Å². The van der Waals surface area contributed by atoms with Gasteiger partial charge >= 0.3 is 12.1 Å². The molecular weight excluding hydrogens is 552 g/mol. The molecule has 204 valence electrons. The summed E-state index contributed by atoms with van der Waals surface area (Å²) in [6, 6.07) is 15.9. The second kappa shape index (κ2) is 11.1. The number of carboxylic acid groups (broad SMARTS) is 1. The van der Waals surface area contributed by atoms with Gasteiger partial charge in [0.2, 0.25) is 0 Å². The van der Waals surface area contributed by atoms with Crippen molar-refractivity contribution in [3.05, 3.63) is 71.5 Å². The highest BCUT2D eigenvalue weighted by Crippen LogP contribution is 2.43. The third-order valence-electron chi connectivity index (χ3n) is 6.98. The summed E-state index contributed by atoms with van der Waals surface area (Å²) < 4.78 is 62.3. The number of ether oxygens (including phenoxy) is 1. The first-order chi connectivity index (χ1) is 18.6. The number of rotatable bonds is 7. The van der Waals surface area contributed by atoms with Crippen molar-refractivity contribution in [1.82, 2.24) is 4.98 Å². The molecule has 1 fully saturated rings. The number of aromatic carboxylic acids is 1. The van der Waals surface area contributed by atoms with Crippen LogP contribution in [0.15, 0.2) is 59.5 Å². The van der Waals surface area contributed by atoms with E-state index in [4.69, 9.17) is 14.8 Å². The van der Waals surface area contributed by atoms with Gasteiger partial charge in [-0.05, 0) is 73.4 Å². The number of fused-ring (bicyclic) bond motifs is 1. The Balaban J connectivity index is 1.27. The second-order valence-corrected chi connectivity index (χ2v) is 11.3. The Morgan fingerprint density at radius 2 is 1.79 bits per heavy atom. The lowest BCUT2D eigenvalue weighted by atomic mass is 9.78. The fourth-order valence-electron chi connectivity index (χ4n) is 4.83. The summed E-state index contributed by atoms with van der Waals surface area (Å²) in [7, 11) is 1.38. The van der Waals surface area contributed by atoms with Crippen LogP contribution in [0.1, 0.15) is 47.5 Å². The number of carboxylic acids is 1. The number of benzene rings is 3. The van der Waals surface area contributed by atoms with Crippen molar-refractivity contribution in [2.24, 2.45) is 5.92 Å². The zero-order chi connectivity index (χ0) is 27.7. The Bertz CT molecular complexity index is 1500. The molecule has 5 rings (SSSR count). The highest BCUT2D eigenvalue weighted by atomic mass is 32.2. The van der Waals surface area contributed by atoms with Gasteiger partial charge in [0.15, 0.2) is 0 Å². The summed E-state index contributed by atoms with van der Waals surface area (Å²) in [5.41, 5.74) is 2.62. The molecule has 39 heavy (non-hydrogen) atoms. The minimum Gasteiger partial charge on any atom is -0.495 e. The zero-order valence-corrected chi connectivity index (χ0v) is 22.4. The first-order valence-corrected chi connectivity index (χ1v) is 13.9. The van der Waals surface area contributed by atoms with Gasteiger partial charge in [-0.25, -0.2) is 14.2 Å². The normalized spacial score (nSPS) is 17.8. The molecule has 0 spiro atoms. The molecule has 1 aromatic heterocycles. The molecule has 1 saturated carbocycles. The molecule has 1 aliphatic carbocycles. The van der Waals surface area contributed by atoms with Crippen LogP contribution in [0.2, 0.25) is 0 Å². The van der Waals surface area contributed by atoms with Gasteiger partial charge in [-0.1, -0.05) is 24.3 Å². The van der Waals surface area contributed by atoms with E-state index in [0.29, 0.717) is 18.5 Å². The highest BCUT2D eigenvalue weighted by Gasteiger charge is 2.41. The third kappa shape index (κ3) is 5.99. The van der Waals surface area contributed by atoms with E-state index in [0.717, 1.165) is 43.4 Å². The molecule has 4 aromatic rings. The smallest absolute Gasteiger partial charge is 0.391 e. The van der Waals surface area contributed by atoms with Crippen molar-refractivity contribution >= 4 is 45.2 Å². The molecule has 0 saturated heterocycles. The number of anilines is 1. The fraction of sp³-hybridized carbons (Fsp3) is 0.286. The van der Waals surface area contributed by atoms with E-state index in [-0.39, 0.29) is 24.5 Å². The van der Waals surface area contributed by atoms with Crippen LogP contribution in [0, 0.1) is 11.7 Å². The van der Waals surface area contributed by atoms with Crippen LogP contribution in [0.25, 0.3) is 20.8 Å². The van der Waals surface area contributed by atoms with Crippen molar-refractivity contribution < 1.29 is 32.2 Å². The summed E-state index contributed by atoms with van der Waals surface area (Å²) in [4.78, 5) is 16.8. The van der Waals surface area contributed by atoms with E-state index in [1.54, 1.807) is 0 Å². The van der Waals surface area contributed by atoms with E-state index in [9.17, 15) is 22.4 Å². The van der Waals surface area contributed by atoms with Gasteiger partial charge in [0, 0.05) is 16.5 Å². The first kappa shape index (κ1) is 27.3. The molecule has 2 N–H and O–H groups in total. The standard InChI is InChI=1S/C28H24F4N2O3S2/c1-37-24-13-20(27(35)36)21(29)14-22(24)34-39-19-10-11-25-23(12-19)33-26(38-25)17-4-2-15(3-5-17)16-6-8-18(9-7-16)28(30,31)32/h2-5,10-14,16,18,34H,6-9H2,1H3,(H,35,36)/t16-,18-.